The summed E-state index contributed by atoms with van der Waals surface area (Å²) in [7, 11) is 1.75. The molecule has 0 bridgehead atoms. The molecule has 0 saturated carbocycles. The Kier molecular flexibility index (Phi) is 4.50. The lowest BCUT2D eigenvalue weighted by molar-refractivity contribution is -0.138. The average Bonchev–Trinajstić information content (AvgIpc) is 2.62. The van der Waals surface area contributed by atoms with E-state index in [0.717, 1.165) is 5.69 Å². The highest BCUT2D eigenvalue weighted by atomic mass is 19.4. The fourth-order valence-electron chi connectivity index (χ4n) is 1.19. The van der Waals surface area contributed by atoms with Crippen LogP contribution < -0.4 is 10.6 Å². The molecule has 2 N–H and O–H groups in total. The van der Waals surface area contributed by atoms with Crippen LogP contribution in [0.2, 0.25) is 0 Å². The summed E-state index contributed by atoms with van der Waals surface area (Å²) < 4.78 is 36.9. The number of hydrogen-bond acceptors (Lipinski definition) is 3. The summed E-state index contributed by atoms with van der Waals surface area (Å²) in [5.41, 5.74) is 0.719. The minimum Gasteiger partial charge on any atom is -0.345 e. The Morgan fingerprint density at radius 2 is 2.24 bits per heavy atom. The normalized spacial score (nSPS) is 11.5. The molecule has 0 saturated heterocycles. The number of nitrogens with one attached hydrogen (secondary N) is 2. The van der Waals surface area contributed by atoms with Crippen LogP contribution in [-0.2, 0) is 17.9 Å². The number of halogens is 3. The fourth-order valence-corrected chi connectivity index (χ4v) is 1.19. The maximum absolute atomic E-state index is 11.8. The summed E-state index contributed by atoms with van der Waals surface area (Å²) >= 11 is 0. The predicted molar refractivity (Wildman–Crippen MR) is 54.1 cm³/mol. The van der Waals surface area contributed by atoms with E-state index in [2.05, 4.69) is 10.3 Å². The molecule has 1 rings (SSSR count). The van der Waals surface area contributed by atoms with E-state index in [1.807, 2.05) is 0 Å². The van der Waals surface area contributed by atoms with Crippen molar-refractivity contribution in [3.63, 3.8) is 0 Å². The van der Waals surface area contributed by atoms with Gasteiger partial charge in [-0.05, 0) is 7.05 Å². The number of nitrogens with zero attached hydrogens (tertiary/aromatic N) is 2. The van der Waals surface area contributed by atoms with Crippen LogP contribution in [0.4, 0.5) is 13.2 Å². The zero-order chi connectivity index (χ0) is 12.9. The number of carbonyl (C=O) groups is 1. The van der Waals surface area contributed by atoms with Gasteiger partial charge < -0.3 is 15.2 Å². The van der Waals surface area contributed by atoms with Gasteiger partial charge in [0.2, 0.25) is 5.91 Å². The second-order valence-corrected chi connectivity index (χ2v) is 3.46. The molecule has 0 aromatic carbocycles. The summed E-state index contributed by atoms with van der Waals surface area (Å²) in [5.74, 6) is -0.698. The molecule has 0 aliphatic carbocycles. The first-order valence-electron chi connectivity index (χ1n) is 4.89. The minimum atomic E-state index is -4.39. The lowest BCUT2D eigenvalue weighted by Gasteiger charge is -2.08. The van der Waals surface area contributed by atoms with E-state index in [9.17, 15) is 18.0 Å². The SMILES string of the molecule is CNCc1cn(CC(=O)NCC(F)(F)F)cn1. The van der Waals surface area contributed by atoms with Crippen LogP contribution in [0.25, 0.3) is 0 Å². The van der Waals surface area contributed by atoms with Crippen LogP contribution in [-0.4, -0.2) is 35.2 Å². The van der Waals surface area contributed by atoms with Crippen molar-refractivity contribution >= 4 is 5.91 Å². The highest BCUT2D eigenvalue weighted by Crippen LogP contribution is 2.12. The van der Waals surface area contributed by atoms with Gasteiger partial charge in [0.1, 0.15) is 13.1 Å². The van der Waals surface area contributed by atoms with Gasteiger partial charge >= 0.3 is 6.18 Å². The van der Waals surface area contributed by atoms with Crippen molar-refractivity contribution in [3.05, 3.63) is 18.2 Å². The third-order valence-electron chi connectivity index (χ3n) is 1.86. The number of aromatic nitrogens is 2. The number of imidazole rings is 1. The third kappa shape index (κ3) is 5.34. The van der Waals surface area contributed by atoms with Crippen molar-refractivity contribution in [3.8, 4) is 0 Å². The van der Waals surface area contributed by atoms with Crippen LogP contribution in [0.5, 0.6) is 0 Å². The van der Waals surface area contributed by atoms with E-state index in [1.54, 1.807) is 18.6 Å². The van der Waals surface area contributed by atoms with E-state index >= 15 is 0 Å². The molecule has 0 radical (unpaired) electrons. The van der Waals surface area contributed by atoms with Crippen LogP contribution >= 0.6 is 0 Å². The van der Waals surface area contributed by atoms with Crippen LogP contribution in [0.1, 0.15) is 5.69 Å². The average molecular weight is 250 g/mol. The van der Waals surface area contributed by atoms with E-state index in [1.165, 1.54) is 10.9 Å². The summed E-state index contributed by atoms with van der Waals surface area (Å²) in [6.45, 7) is -0.951. The molecule has 8 heteroatoms. The van der Waals surface area contributed by atoms with Crippen molar-refractivity contribution in [1.29, 1.82) is 0 Å². The molecule has 96 valence electrons. The Morgan fingerprint density at radius 1 is 1.53 bits per heavy atom. The molecular weight excluding hydrogens is 237 g/mol. The highest BCUT2D eigenvalue weighted by molar-refractivity contribution is 5.75. The van der Waals surface area contributed by atoms with E-state index in [-0.39, 0.29) is 6.54 Å². The minimum absolute atomic E-state index is 0.174. The molecule has 0 spiro atoms. The molecule has 0 aliphatic rings. The van der Waals surface area contributed by atoms with Crippen molar-refractivity contribution < 1.29 is 18.0 Å². The van der Waals surface area contributed by atoms with Crippen molar-refractivity contribution in [1.82, 2.24) is 20.2 Å². The summed E-state index contributed by atoms with van der Waals surface area (Å²) in [4.78, 5) is 15.1. The van der Waals surface area contributed by atoms with Gasteiger partial charge in [-0.1, -0.05) is 0 Å². The first-order valence-corrected chi connectivity index (χ1v) is 4.89. The molecule has 0 unspecified atom stereocenters. The Bertz CT molecular complexity index is 375. The summed E-state index contributed by atoms with van der Waals surface area (Å²) in [5, 5.41) is 4.65. The van der Waals surface area contributed by atoms with Gasteiger partial charge in [0, 0.05) is 12.7 Å². The van der Waals surface area contributed by atoms with Gasteiger partial charge in [0.25, 0.3) is 0 Å². The largest absolute Gasteiger partial charge is 0.405 e. The Hall–Kier alpha value is -1.57. The second kappa shape index (κ2) is 5.67. The number of carbonyl (C=O) groups excluding carboxylic acids is 1. The Labute approximate surface area is 96.0 Å². The molecule has 0 atom stereocenters. The van der Waals surface area contributed by atoms with Crippen molar-refractivity contribution in [2.75, 3.05) is 13.6 Å². The Balaban J connectivity index is 2.39. The number of rotatable bonds is 5. The first-order chi connectivity index (χ1) is 7.90. The second-order valence-electron chi connectivity index (χ2n) is 3.46. The van der Waals surface area contributed by atoms with Gasteiger partial charge in [-0.15, -0.1) is 0 Å². The lowest BCUT2D eigenvalue weighted by Crippen LogP contribution is -2.35. The molecule has 5 nitrogen and oxygen atoms in total. The molecule has 1 aromatic rings. The molecule has 1 aromatic heterocycles. The maximum Gasteiger partial charge on any atom is 0.405 e. The first kappa shape index (κ1) is 13.5. The Morgan fingerprint density at radius 3 is 2.82 bits per heavy atom. The molecular formula is C9H13F3N4O. The molecule has 1 amide bonds. The molecule has 17 heavy (non-hydrogen) atoms. The molecule has 0 fully saturated rings. The van der Waals surface area contributed by atoms with Gasteiger partial charge in [0.15, 0.2) is 0 Å². The fraction of sp³-hybridized carbons (Fsp3) is 0.556. The molecule has 0 aliphatic heterocycles. The van der Waals surface area contributed by atoms with Crippen LogP contribution in [0, 0.1) is 0 Å². The highest BCUT2D eigenvalue weighted by Gasteiger charge is 2.27. The van der Waals surface area contributed by atoms with E-state index in [4.69, 9.17) is 0 Å². The predicted octanol–water partition coefficient (Wildman–Crippen LogP) is 0.281. The standard InChI is InChI=1S/C9H13F3N4O/c1-13-2-7-3-16(6-15-7)4-8(17)14-5-9(10,11)12/h3,6,13H,2,4-5H2,1H3,(H,14,17). The zero-order valence-electron chi connectivity index (χ0n) is 9.21. The van der Waals surface area contributed by atoms with Crippen molar-refractivity contribution in [2.24, 2.45) is 0 Å². The van der Waals surface area contributed by atoms with Gasteiger partial charge in [0.05, 0.1) is 12.0 Å². The van der Waals surface area contributed by atoms with Gasteiger partial charge in [-0.25, -0.2) is 4.98 Å². The lowest BCUT2D eigenvalue weighted by atomic mass is 10.4. The summed E-state index contributed by atoms with van der Waals surface area (Å²) in [6.07, 6.45) is -1.38. The van der Waals surface area contributed by atoms with Crippen molar-refractivity contribution in [2.45, 2.75) is 19.3 Å². The third-order valence-corrected chi connectivity index (χ3v) is 1.86. The summed E-state index contributed by atoms with van der Waals surface area (Å²) in [6, 6.07) is 0. The monoisotopic (exact) mass is 250 g/mol. The van der Waals surface area contributed by atoms with Gasteiger partial charge in [-0.2, -0.15) is 13.2 Å². The van der Waals surface area contributed by atoms with Crippen LogP contribution in [0.3, 0.4) is 0 Å². The number of hydrogen-bond donors (Lipinski definition) is 2. The number of amides is 1. The maximum atomic E-state index is 11.8. The smallest absolute Gasteiger partial charge is 0.345 e. The van der Waals surface area contributed by atoms with Gasteiger partial charge in [-0.3, -0.25) is 4.79 Å². The number of alkyl halides is 3. The quantitative estimate of drug-likeness (QED) is 0.789. The van der Waals surface area contributed by atoms with E-state index in [0.29, 0.717) is 6.54 Å². The zero-order valence-corrected chi connectivity index (χ0v) is 9.21. The topological polar surface area (TPSA) is 59.0 Å². The molecule has 1 heterocycles. The van der Waals surface area contributed by atoms with Crippen LogP contribution in [0.15, 0.2) is 12.5 Å². The van der Waals surface area contributed by atoms with E-state index < -0.39 is 18.6 Å².